The van der Waals surface area contributed by atoms with E-state index in [0.29, 0.717) is 19.8 Å². The molecule has 0 aromatic heterocycles. The highest BCUT2D eigenvalue weighted by Crippen LogP contribution is 2.34. The molecule has 9 heteroatoms. The largest absolute Gasteiger partial charge is 0.493 e. The van der Waals surface area contributed by atoms with Crippen molar-refractivity contribution >= 4 is 11.7 Å². The Kier molecular flexibility index (Phi) is 7.27. The van der Waals surface area contributed by atoms with Crippen molar-refractivity contribution in [2.45, 2.75) is 24.4 Å². The molecule has 0 bridgehead atoms. The van der Waals surface area contributed by atoms with Gasteiger partial charge < -0.3 is 24.8 Å². The van der Waals surface area contributed by atoms with Crippen molar-refractivity contribution in [3.05, 3.63) is 54.1 Å². The van der Waals surface area contributed by atoms with E-state index in [2.05, 4.69) is 10.6 Å². The van der Waals surface area contributed by atoms with Crippen LogP contribution in [0.5, 0.6) is 11.5 Å². The Morgan fingerprint density at radius 1 is 1.10 bits per heavy atom. The van der Waals surface area contributed by atoms with Crippen LogP contribution in [0.15, 0.2) is 48.5 Å². The van der Waals surface area contributed by atoms with E-state index in [1.807, 2.05) is 30.3 Å². The molecule has 0 radical (unpaired) electrons. The number of alkyl halides is 3. The number of rotatable bonds is 7. The third kappa shape index (κ3) is 6.27. The lowest BCUT2D eigenvalue weighted by Crippen LogP contribution is -2.45. The van der Waals surface area contributed by atoms with E-state index in [-0.39, 0.29) is 22.6 Å². The molecule has 0 spiro atoms. The highest BCUT2D eigenvalue weighted by molar-refractivity contribution is 5.89. The highest BCUT2D eigenvalue weighted by Gasteiger charge is 2.34. The molecule has 6 nitrogen and oxygen atoms in total. The number of ether oxygens (including phenoxy) is 3. The Balaban J connectivity index is 1.65. The molecule has 168 valence electrons. The zero-order valence-electron chi connectivity index (χ0n) is 17.1. The van der Waals surface area contributed by atoms with Gasteiger partial charge in [0.25, 0.3) is 0 Å². The predicted molar refractivity (Wildman–Crippen MR) is 110 cm³/mol. The van der Waals surface area contributed by atoms with Gasteiger partial charge in [0.2, 0.25) is 0 Å². The van der Waals surface area contributed by atoms with Gasteiger partial charge in [-0.3, -0.25) is 0 Å². The zero-order valence-corrected chi connectivity index (χ0v) is 17.1. The van der Waals surface area contributed by atoms with E-state index in [1.165, 1.54) is 25.3 Å². The monoisotopic (exact) mass is 438 g/mol. The Morgan fingerprint density at radius 2 is 1.81 bits per heavy atom. The van der Waals surface area contributed by atoms with E-state index in [9.17, 15) is 18.0 Å². The second-order valence-electron chi connectivity index (χ2n) is 7.34. The number of halogens is 3. The Hall–Kier alpha value is -2.94. The molecule has 2 amide bonds. The van der Waals surface area contributed by atoms with E-state index in [4.69, 9.17) is 14.2 Å². The van der Waals surface area contributed by atoms with Crippen LogP contribution < -0.4 is 20.1 Å². The van der Waals surface area contributed by atoms with Crippen molar-refractivity contribution in [2.75, 3.05) is 38.8 Å². The number of anilines is 1. The van der Waals surface area contributed by atoms with Crippen LogP contribution in [0.3, 0.4) is 0 Å². The Morgan fingerprint density at radius 3 is 2.45 bits per heavy atom. The number of methoxy groups -OCH3 is 1. The second-order valence-corrected chi connectivity index (χ2v) is 7.34. The fourth-order valence-corrected chi connectivity index (χ4v) is 3.57. The van der Waals surface area contributed by atoms with Crippen LogP contribution in [0.1, 0.15) is 18.4 Å². The molecule has 0 saturated carbocycles. The Bertz CT molecular complexity index is 869. The second kappa shape index (κ2) is 9.91. The molecule has 1 aliphatic rings. The SMILES string of the molecule is COc1ccc(NC(=O)NCC2(c3ccccc3)CCOCC2)cc1OCC(F)(F)F. The van der Waals surface area contributed by atoms with Gasteiger partial charge in [-0.2, -0.15) is 13.2 Å². The minimum Gasteiger partial charge on any atom is -0.493 e. The molecule has 0 unspecified atom stereocenters. The summed E-state index contributed by atoms with van der Waals surface area (Å²) in [5.41, 5.74) is 1.18. The number of amides is 2. The lowest BCUT2D eigenvalue weighted by atomic mass is 9.74. The topological polar surface area (TPSA) is 68.8 Å². The van der Waals surface area contributed by atoms with Crippen molar-refractivity contribution < 1.29 is 32.2 Å². The number of carbonyl (C=O) groups is 1. The summed E-state index contributed by atoms with van der Waals surface area (Å²) >= 11 is 0. The highest BCUT2D eigenvalue weighted by atomic mass is 19.4. The van der Waals surface area contributed by atoms with Crippen molar-refractivity contribution in [1.29, 1.82) is 0 Å². The first kappa shape index (κ1) is 22.7. The summed E-state index contributed by atoms with van der Waals surface area (Å²) in [5.74, 6) is 0.0308. The normalized spacial score (nSPS) is 15.7. The summed E-state index contributed by atoms with van der Waals surface area (Å²) in [4.78, 5) is 12.5. The number of carbonyl (C=O) groups excluding carboxylic acids is 1. The summed E-state index contributed by atoms with van der Waals surface area (Å²) in [6, 6.07) is 13.8. The Labute approximate surface area is 178 Å². The van der Waals surface area contributed by atoms with Gasteiger partial charge in [-0.25, -0.2) is 4.79 Å². The van der Waals surface area contributed by atoms with E-state index in [1.54, 1.807) is 0 Å². The first-order valence-electron chi connectivity index (χ1n) is 9.87. The summed E-state index contributed by atoms with van der Waals surface area (Å²) < 4.78 is 52.8. The van der Waals surface area contributed by atoms with Gasteiger partial charge in [-0.05, 0) is 30.5 Å². The summed E-state index contributed by atoms with van der Waals surface area (Å²) in [6.45, 7) is 0.160. The maximum Gasteiger partial charge on any atom is 0.422 e. The standard InChI is InChI=1S/C22H25F3N2O4/c1-29-18-8-7-17(13-19(18)31-15-22(23,24)25)27-20(28)26-14-21(9-11-30-12-10-21)16-5-3-2-4-6-16/h2-8,13H,9-12,14-15H2,1H3,(H2,26,27,28). The lowest BCUT2D eigenvalue weighted by Gasteiger charge is -2.38. The summed E-state index contributed by atoms with van der Waals surface area (Å²) in [6.07, 6.45) is -2.94. The number of benzene rings is 2. The van der Waals surface area contributed by atoms with Crippen LogP contribution in [0.2, 0.25) is 0 Å². The first-order valence-corrected chi connectivity index (χ1v) is 9.87. The van der Waals surface area contributed by atoms with Gasteiger partial charge >= 0.3 is 12.2 Å². The maximum absolute atomic E-state index is 12.5. The average Bonchev–Trinajstić information content (AvgIpc) is 2.77. The van der Waals surface area contributed by atoms with E-state index in [0.717, 1.165) is 18.4 Å². The maximum atomic E-state index is 12.5. The molecule has 1 saturated heterocycles. The van der Waals surface area contributed by atoms with Gasteiger partial charge in [0.1, 0.15) is 0 Å². The molecule has 2 aromatic carbocycles. The van der Waals surface area contributed by atoms with Crippen LogP contribution in [-0.4, -0.2) is 45.7 Å². The van der Waals surface area contributed by atoms with E-state index < -0.39 is 18.8 Å². The number of hydrogen-bond donors (Lipinski definition) is 2. The van der Waals surface area contributed by atoms with Gasteiger partial charge in [0, 0.05) is 36.9 Å². The van der Waals surface area contributed by atoms with Gasteiger partial charge in [0.05, 0.1) is 7.11 Å². The molecule has 0 aliphatic carbocycles. The van der Waals surface area contributed by atoms with Crippen LogP contribution >= 0.6 is 0 Å². The smallest absolute Gasteiger partial charge is 0.422 e. The van der Waals surface area contributed by atoms with Gasteiger partial charge in [0.15, 0.2) is 18.1 Å². The molecule has 2 N–H and O–H groups in total. The molecule has 1 heterocycles. The molecular formula is C22H25F3N2O4. The van der Waals surface area contributed by atoms with Crippen molar-refractivity contribution in [1.82, 2.24) is 5.32 Å². The fourth-order valence-electron chi connectivity index (χ4n) is 3.57. The molecular weight excluding hydrogens is 413 g/mol. The molecule has 1 aliphatic heterocycles. The third-order valence-electron chi connectivity index (χ3n) is 5.24. The van der Waals surface area contributed by atoms with Crippen LogP contribution in [0, 0.1) is 0 Å². The molecule has 1 fully saturated rings. The zero-order chi connectivity index (χ0) is 22.3. The quantitative estimate of drug-likeness (QED) is 0.668. The van der Waals surface area contributed by atoms with Crippen LogP contribution in [0.25, 0.3) is 0 Å². The molecule has 31 heavy (non-hydrogen) atoms. The number of nitrogens with one attached hydrogen (secondary N) is 2. The van der Waals surface area contributed by atoms with Crippen molar-refractivity contribution in [3.8, 4) is 11.5 Å². The van der Waals surface area contributed by atoms with Gasteiger partial charge in [-0.15, -0.1) is 0 Å². The summed E-state index contributed by atoms with van der Waals surface area (Å²) in [7, 11) is 1.33. The van der Waals surface area contributed by atoms with Crippen LogP contribution in [0.4, 0.5) is 23.7 Å². The van der Waals surface area contributed by atoms with Crippen LogP contribution in [-0.2, 0) is 10.2 Å². The van der Waals surface area contributed by atoms with Gasteiger partial charge in [-0.1, -0.05) is 30.3 Å². The lowest BCUT2D eigenvalue weighted by molar-refractivity contribution is -0.153. The minimum absolute atomic E-state index is 0.109. The summed E-state index contributed by atoms with van der Waals surface area (Å²) in [5, 5.41) is 5.53. The first-order chi connectivity index (χ1) is 14.8. The minimum atomic E-state index is -4.48. The van der Waals surface area contributed by atoms with E-state index >= 15 is 0 Å². The average molecular weight is 438 g/mol. The predicted octanol–water partition coefficient (Wildman–Crippen LogP) is 4.51. The number of hydrogen-bond acceptors (Lipinski definition) is 4. The fraction of sp³-hybridized carbons (Fsp3) is 0.409. The molecule has 2 aromatic rings. The molecule has 3 rings (SSSR count). The third-order valence-corrected chi connectivity index (χ3v) is 5.24. The van der Waals surface area contributed by atoms with Crippen molar-refractivity contribution in [3.63, 3.8) is 0 Å². The van der Waals surface area contributed by atoms with Crippen molar-refractivity contribution in [2.24, 2.45) is 0 Å². The molecule has 0 atom stereocenters. The number of urea groups is 1.